The van der Waals surface area contributed by atoms with E-state index in [1.165, 1.54) is 12.4 Å². The highest BCUT2D eigenvalue weighted by atomic mass is 32.1. The molecule has 0 aliphatic rings. The van der Waals surface area contributed by atoms with E-state index in [0.29, 0.717) is 15.3 Å². The van der Waals surface area contributed by atoms with Crippen molar-refractivity contribution in [2.75, 3.05) is 0 Å². The summed E-state index contributed by atoms with van der Waals surface area (Å²) in [7, 11) is 0. The van der Waals surface area contributed by atoms with Gasteiger partial charge < -0.3 is 10.9 Å². The number of pyridine rings is 1. The van der Waals surface area contributed by atoms with Crippen LogP contribution in [0.3, 0.4) is 0 Å². The minimum Gasteiger partial charge on any atom is -0.619 e. The predicted octanol–water partition coefficient (Wildman–Crippen LogP) is -0.0458. The topological polar surface area (TPSA) is 53.0 Å². The Balaban J connectivity index is 3.00. The fraction of sp³-hybridized carbons (Fsp3) is 0. The van der Waals surface area contributed by atoms with Crippen molar-refractivity contribution in [3.05, 3.63) is 35.3 Å². The van der Waals surface area contributed by atoms with Gasteiger partial charge in [-0.15, -0.1) is 0 Å². The molecule has 0 amide bonds. The molecule has 1 aromatic rings. The first kappa shape index (κ1) is 6.95. The Hall–Kier alpha value is -1.16. The van der Waals surface area contributed by atoms with Crippen molar-refractivity contribution in [2.45, 2.75) is 0 Å². The summed E-state index contributed by atoms with van der Waals surface area (Å²) in [5.41, 5.74) is 5.99. The zero-order valence-electron chi connectivity index (χ0n) is 5.15. The summed E-state index contributed by atoms with van der Waals surface area (Å²) >= 11 is 4.67. The maximum atomic E-state index is 10.5. The second-order valence-corrected chi connectivity index (χ2v) is 2.25. The lowest BCUT2D eigenvalue weighted by molar-refractivity contribution is -0.605. The lowest BCUT2D eigenvalue weighted by Gasteiger charge is -1.96. The molecule has 3 nitrogen and oxygen atoms in total. The van der Waals surface area contributed by atoms with Crippen LogP contribution in [-0.4, -0.2) is 4.99 Å². The predicted molar refractivity (Wildman–Crippen MR) is 41.3 cm³/mol. The summed E-state index contributed by atoms with van der Waals surface area (Å²) in [4.78, 5) is 0.306. The number of hydrogen-bond donors (Lipinski definition) is 1. The van der Waals surface area contributed by atoms with E-state index in [4.69, 9.17) is 5.73 Å². The third-order valence-corrected chi connectivity index (χ3v) is 1.32. The number of thiocarbonyl (C=S) groups is 1. The number of nitrogens with zero attached hydrogens (tertiary/aromatic N) is 1. The van der Waals surface area contributed by atoms with Crippen molar-refractivity contribution in [1.82, 2.24) is 0 Å². The highest BCUT2D eigenvalue weighted by Gasteiger charge is 1.95. The Morgan fingerprint density at radius 1 is 1.50 bits per heavy atom. The van der Waals surface area contributed by atoms with Gasteiger partial charge in [-0.2, -0.15) is 4.73 Å². The van der Waals surface area contributed by atoms with Crippen molar-refractivity contribution in [3.8, 4) is 0 Å². The van der Waals surface area contributed by atoms with Gasteiger partial charge >= 0.3 is 0 Å². The Morgan fingerprint density at radius 3 is 2.40 bits per heavy atom. The molecule has 0 atom stereocenters. The smallest absolute Gasteiger partial charge is 0.181 e. The maximum Gasteiger partial charge on any atom is 0.181 e. The van der Waals surface area contributed by atoms with Crippen molar-refractivity contribution in [3.63, 3.8) is 0 Å². The second kappa shape index (κ2) is 2.62. The van der Waals surface area contributed by atoms with Crippen LogP contribution >= 0.6 is 12.2 Å². The van der Waals surface area contributed by atoms with Gasteiger partial charge in [0.25, 0.3) is 0 Å². The summed E-state index contributed by atoms with van der Waals surface area (Å²) in [6, 6.07) is 3.16. The third kappa shape index (κ3) is 1.41. The van der Waals surface area contributed by atoms with E-state index < -0.39 is 0 Å². The molecule has 10 heavy (non-hydrogen) atoms. The molecule has 0 unspecified atom stereocenters. The molecule has 0 saturated carbocycles. The molecule has 1 rings (SSSR count). The molecule has 0 bridgehead atoms. The van der Waals surface area contributed by atoms with Gasteiger partial charge in [-0.25, -0.2) is 0 Å². The van der Waals surface area contributed by atoms with E-state index in [9.17, 15) is 5.21 Å². The molecule has 1 heterocycles. The average Bonchev–Trinajstić information content (AvgIpc) is 1.88. The lowest BCUT2D eigenvalue weighted by atomic mass is 10.3. The van der Waals surface area contributed by atoms with E-state index in [2.05, 4.69) is 12.2 Å². The Bertz CT molecular complexity index is 244. The third-order valence-electron chi connectivity index (χ3n) is 1.09. The lowest BCUT2D eigenvalue weighted by Crippen LogP contribution is -2.25. The molecule has 52 valence electrons. The van der Waals surface area contributed by atoms with Crippen LogP contribution in [-0.2, 0) is 0 Å². The van der Waals surface area contributed by atoms with Crippen LogP contribution in [0.1, 0.15) is 5.56 Å². The van der Waals surface area contributed by atoms with Gasteiger partial charge in [0, 0.05) is 17.7 Å². The highest BCUT2D eigenvalue weighted by Crippen LogP contribution is 1.92. The zero-order chi connectivity index (χ0) is 7.56. The normalized spacial score (nSPS) is 9.20. The molecule has 0 spiro atoms. The monoisotopic (exact) mass is 154 g/mol. The Kier molecular flexibility index (Phi) is 1.82. The van der Waals surface area contributed by atoms with Crippen molar-refractivity contribution < 1.29 is 4.73 Å². The number of rotatable bonds is 1. The van der Waals surface area contributed by atoms with Crippen LogP contribution in [0, 0.1) is 5.21 Å². The molecule has 0 aliphatic heterocycles. The summed E-state index contributed by atoms with van der Waals surface area (Å²) in [5, 5.41) is 10.5. The van der Waals surface area contributed by atoms with Crippen molar-refractivity contribution in [1.29, 1.82) is 0 Å². The molecule has 0 radical (unpaired) electrons. The number of aromatic nitrogens is 1. The van der Waals surface area contributed by atoms with Crippen LogP contribution in [0.25, 0.3) is 0 Å². The zero-order valence-corrected chi connectivity index (χ0v) is 5.97. The van der Waals surface area contributed by atoms with Crippen LogP contribution in [0.5, 0.6) is 0 Å². The molecule has 0 aliphatic carbocycles. The van der Waals surface area contributed by atoms with E-state index in [1.54, 1.807) is 12.1 Å². The van der Waals surface area contributed by atoms with Crippen LogP contribution in [0.2, 0.25) is 0 Å². The fourth-order valence-corrected chi connectivity index (χ4v) is 0.713. The summed E-state index contributed by atoms with van der Waals surface area (Å²) in [5.74, 6) is 0. The molecular weight excluding hydrogens is 148 g/mol. The van der Waals surface area contributed by atoms with E-state index in [-0.39, 0.29) is 0 Å². The van der Waals surface area contributed by atoms with Gasteiger partial charge in [0.2, 0.25) is 0 Å². The largest absolute Gasteiger partial charge is 0.619 e. The van der Waals surface area contributed by atoms with Gasteiger partial charge in [-0.3, -0.25) is 0 Å². The Morgan fingerprint density at radius 2 is 2.00 bits per heavy atom. The number of nitrogens with two attached hydrogens (primary N) is 1. The maximum absolute atomic E-state index is 10.5. The Labute approximate surface area is 63.7 Å². The minimum atomic E-state index is 0.306. The quantitative estimate of drug-likeness (QED) is 0.350. The van der Waals surface area contributed by atoms with E-state index >= 15 is 0 Å². The molecule has 0 fully saturated rings. The minimum absolute atomic E-state index is 0.306. The van der Waals surface area contributed by atoms with Crippen LogP contribution < -0.4 is 10.5 Å². The first-order valence-corrected chi connectivity index (χ1v) is 3.09. The van der Waals surface area contributed by atoms with Gasteiger partial charge in [0.05, 0.1) is 0 Å². The summed E-state index contributed by atoms with van der Waals surface area (Å²) in [6.45, 7) is 0. The van der Waals surface area contributed by atoms with Gasteiger partial charge in [-0.05, 0) is 0 Å². The van der Waals surface area contributed by atoms with Crippen LogP contribution in [0.15, 0.2) is 24.5 Å². The first-order chi connectivity index (χ1) is 4.70. The van der Waals surface area contributed by atoms with Crippen molar-refractivity contribution >= 4 is 17.2 Å². The number of hydrogen-bond acceptors (Lipinski definition) is 2. The van der Waals surface area contributed by atoms with Gasteiger partial charge in [0.1, 0.15) is 4.99 Å². The molecular formula is C6H6N2OS. The molecule has 4 heteroatoms. The van der Waals surface area contributed by atoms with E-state index in [0.717, 1.165) is 0 Å². The first-order valence-electron chi connectivity index (χ1n) is 2.69. The van der Waals surface area contributed by atoms with Crippen LogP contribution in [0.4, 0.5) is 0 Å². The molecule has 0 aromatic carbocycles. The molecule has 2 N–H and O–H groups in total. The molecule has 1 aromatic heterocycles. The second-order valence-electron chi connectivity index (χ2n) is 1.81. The highest BCUT2D eigenvalue weighted by molar-refractivity contribution is 7.80. The van der Waals surface area contributed by atoms with Gasteiger partial charge in [-0.1, -0.05) is 12.2 Å². The fourth-order valence-electron chi connectivity index (χ4n) is 0.577. The average molecular weight is 154 g/mol. The van der Waals surface area contributed by atoms with Crippen molar-refractivity contribution in [2.24, 2.45) is 5.73 Å². The molecule has 0 saturated heterocycles. The summed E-state index contributed by atoms with van der Waals surface area (Å²) < 4.78 is 0.682. The summed E-state index contributed by atoms with van der Waals surface area (Å²) in [6.07, 6.45) is 2.71. The standard InChI is InChI=1S/C6H6N2OS/c7-6(10)5-1-3-8(9)4-2-5/h1-4H,(H2,7,10). The van der Waals surface area contributed by atoms with Gasteiger partial charge in [0.15, 0.2) is 12.4 Å². The van der Waals surface area contributed by atoms with E-state index in [1.807, 2.05) is 0 Å². The SMILES string of the molecule is NC(=S)c1cc[n+]([O-])cc1.